The first-order valence-corrected chi connectivity index (χ1v) is 8.19. The lowest BCUT2D eigenvalue weighted by Gasteiger charge is -2.18. The lowest BCUT2D eigenvalue weighted by atomic mass is 9.92. The van der Waals surface area contributed by atoms with Crippen molar-refractivity contribution in [3.8, 4) is 0 Å². The Morgan fingerprint density at radius 1 is 1.26 bits per heavy atom. The molecule has 0 spiro atoms. The van der Waals surface area contributed by atoms with Crippen LogP contribution < -0.4 is 5.32 Å². The standard InChI is InChI=1S/C17H18F3N5O2/c1-16(2,3)12-8-13(27-24-12)23-15(26)25-7-6-21-14(25)11-5-4-10(9-22-11)17(18,19)20/h4-5,8-9H,6-7H2,1-3H3,(H,23,26). The van der Waals surface area contributed by atoms with Crippen molar-refractivity contribution in [2.45, 2.75) is 32.4 Å². The van der Waals surface area contributed by atoms with Gasteiger partial charge in [0.05, 0.1) is 17.8 Å². The largest absolute Gasteiger partial charge is 0.417 e. The van der Waals surface area contributed by atoms with Crippen LogP contribution >= 0.6 is 0 Å². The summed E-state index contributed by atoms with van der Waals surface area (Å²) in [5, 5.41) is 6.50. The number of aromatic nitrogens is 2. The maximum Gasteiger partial charge on any atom is 0.417 e. The molecule has 2 aromatic rings. The molecule has 2 aromatic heterocycles. The predicted molar refractivity (Wildman–Crippen MR) is 91.6 cm³/mol. The minimum absolute atomic E-state index is 0.177. The summed E-state index contributed by atoms with van der Waals surface area (Å²) in [7, 11) is 0. The topological polar surface area (TPSA) is 83.6 Å². The zero-order valence-corrected chi connectivity index (χ0v) is 15.0. The minimum atomic E-state index is -4.48. The van der Waals surface area contributed by atoms with E-state index in [1.807, 2.05) is 20.8 Å². The summed E-state index contributed by atoms with van der Waals surface area (Å²) in [6.07, 6.45) is -3.75. The number of carbonyl (C=O) groups excluding carboxylic acids is 1. The van der Waals surface area contributed by atoms with Crippen molar-refractivity contribution in [1.29, 1.82) is 0 Å². The highest BCUT2D eigenvalue weighted by molar-refractivity contribution is 6.10. The van der Waals surface area contributed by atoms with Crippen molar-refractivity contribution in [3.63, 3.8) is 0 Å². The number of aliphatic imine (C=N–C) groups is 1. The molecule has 3 heterocycles. The highest BCUT2D eigenvalue weighted by Crippen LogP contribution is 2.29. The van der Waals surface area contributed by atoms with E-state index < -0.39 is 17.8 Å². The molecule has 27 heavy (non-hydrogen) atoms. The van der Waals surface area contributed by atoms with Gasteiger partial charge in [-0.15, -0.1) is 0 Å². The second kappa shape index (κ2) is 6.67. The summed E-state index contributed by atoms with van der Waals surface area (Å²) in [4.78, 5) is 21.8. The molecule has 1 aliphatic heterocycles. The average Bonchev–Trinajstić information content (AvgIpc) is 3.22. The number of amidine groups is 1. The van der Waals surface area contributed by atoms with Crippen molar-refractivity contribution >= 4 is 17.8 Å². The molecule has 2 amide bonds. The molecule has 0 bridgehead atoms. The van der Waals surface area contributed by atoms with Gasteiger partial charge in [0.2, 0.25) is 5.88 Å². The van der Waals surface area contributed by atoms with Gasteiger partial charge in [-0.25, -0.2) is 4.79 Å². The molecule has 0 atom stereocenters. The van der Waals surface area contributed by atoms with E-state index in [9.17, 15) is 18.0 Å². The lowest BCUT2D eigenvalue weighted by molar-refractivity contribution is -0.137. The third kappa shape index (κ3) is 4.09. The highest BCUT2D eigenvalue weighted by atomic mass is 19.4. The van der Waals surface area contributed by atoms with Crippen LogP contribution in [0.3, 0.4) is 0 Å². The van der Waals surface area contributed by atoms with Crippen molar-refractivity contribution in [3.05, 3.63) is 41.3 Å². The number of nitrogens with zero attached hydrogens (tertiary/aromatic N) is 4. The van der Waals surface area contributed by atoms with E-state index >= 15 is 0 Å². The Balaban J connectivity index is 1.74. The van der Waals surface area contributed by atoms with Crippen molar-refractivity contribution < 1.29 is 22.5 Å². The van der Waals surface area contributed by atoms with Crippen LogP contribution in [0.15, 0.2) is 33.9 Å². The van der Waals surface area contributed by atoms with Crippen LogP contribution in [0.4, 0.5) is 23.8 Å². The number of carbonyl (C=O) groups is 1. The first kappa shape index (κ1) is 18.9. The number of hydrogen-bond acceptors (Lipinski definition) is 5. The fourth-order valence-electron chi connectivity index (χ4n) is 2.42. The van der Waals surface area contributed by atoms with Gasteiger partial charge in [0, 0.05) is 24.2 Å². The molecule has 0 fully saturated rings. The maximum atomic E-state index is 12.7. The van der Waals surface area contributed by atoms with Gasteiger partial charge in [-0.1, -0.05) is 25.9 Å². The van der Waals surface area contributed by atoms with E-state index in [1.54, 1.807) is 6.07 Å². The predicted octanol–water partition coefficient (Wildman–Crippen LogP) is 3.68. The van der Waals surface area contributed by atoms with Crippen LogP contribution in [0.5, 0.6) is 0 Å². The minimum Gasteiger partial charge on any atom is -0.338 e. The number of halogens is 3. The molecule has 1 N–H and O–H groups in total. The molecular formula is C17H18F3N5O2. The van der Waals surface area contributed by atoms with E-state index in [-0.39, 0.29) is 29.4 Å². The summed E-state index contributed by atoms with van der Waals surface area (Å²) >= 11 is 0. The Hall–Kier alpha value is -2.91. The molecule has 1 aliphatic rings. The van der Waals surface area contributed by atoms with Gasteiger partial charge in [0.15, 0.2) is 5.84 Å². The van der Waals surface area contributed by atoms with Gasteiger partial charge < -0.3 is 4.52 Å². The second-order valence-corrected chi connectivity index (χ2v) is 7.04. The van der Waals surface area contributed by atoms with E-state index in [0.717, 1.165) is 12.3 Å². The van der Waals surface area contributed by atoms with Crippen LogP contribution in [0, 0.1) is 0 Å². The Labute approximate surface area is 153 Å². The third-order valence-corrected chi connectivity index (χ3v) is 3.91. The number of anilines is 1. The van der Waals surface area contributed by atoms with Crippen LogP contribution in [0.1, 0.15) is 37.7 Å². The fraction of sp³-hybridized carbons (Fsp3) is 0.412. The molecule has 10 heteroatoms. The summed E-state index contributed by atoms with van der Waals surface area (Å²) in [5.41, 5.74) is -0.241. The second-order valence-electron chi connectivity index (χ2n) is 7.04. The molecule has 0 radical (unpaired) electrons. The first-order valence-electron chi connectivity index (χ1n) is 8.19. The summed E-state index contributed by atoms with van der Waals surface area (Å²) in [6, 6.07) is 3.20. The molecule has 144 valence electrons. The number of hydrogen-bond donors (Lipinski definition) is 1. The summed E-state index contributed by atoms with van der Waals surface area (Å²) < 4.78 is 43.1. The number of urea groups is 1. The molecule has 7 nitrogen and oxygen atoms in total. The van der Waals surface area contributed by atoms with Gasteiger partial charge in [-0.2, -0.15) is 13.2 Å². The van der Waals surface area contributed by atoms with Gasteiger partial charge >= 0.3 is 12.2 Å². The molecular weight excluding hydrogens is 363 g/mol. The summed E-state index contributed by atoms with van der Waals surface area (Å²) in [6.45, 7) is 6.48. The van der Waals surface area contributed by atoms with E-state index in [4.69, 9.17) is 4.52 Å². The number of pyridine rings is 1. The lowest BCUT2D eigenvalue weighted by Crippen LogP contribution is -2.38. The monoisotopic (exact) mass is 381 g/mol. The van der Waals surface area contributed by atoms with Crippen molar-refractivity contribution in [2.75, 3.05) is 18.4 Å². The van der Waals surface area contributed by atoms with Gasteiger partial charge in [0.25, 0.3) is 0 Å². The molecule has 0 aliphatic carbocycles. The van der Waals surface area contributed by atoms with Crippen molar-refractivity contribution in [1.82, 2.24) is 15.0 Å². The summed E-state index contributed by atoms with van der Waals surface area (Å²) in [5.74, 6) is 0.383. The molecule has 0 aromatic carbocycles. The third-order valence-electron chi connectivity index (χ3n) is 3.91. The van der Waals surface area contributed by atoms with E-state index in [1.165, 1.54) is 11.0 Å². The van der Waals surface area contributed by atoms with Crippen LogP contribution in [0.2, 0.25) is 0 Å². The zero-order chi connectivity index (χ0) is 19.8. The molecule has 3 rings (SSSR count). The number of rotatable bonds is 2. The Morgan fingerprint density at radius 3 is 2.56 bits per heavy atom. The normalized spacial score (nSPS) is 15.0. The maximum absolute atomic E-state index is 12.7. The SMILES string of the molecule is CC(C)(C)c1cc(NC(=O)N2CCN=C2c2ccc(C(F)(F)F)cn2)on1. The Bertz CT molecular complexity index is 866. The first-order chi connectivity index (χ1) is 12.6. The number of amides is 2. The average molecular weight is 381 g/mol. The van der Waals surface area contributed by atoms with Crippen LogP contribution in [-0.4, -0.2) is 40.0 Å². The van der Waals surface area contributed by atoms with Crippen LogP contribution in [0.25, 0.3) is 0 Å². The fourth-order valence-corrected chi connectivity index (χ4v) is 2.42. The number of alkyl halides is 3. The zero-order valence-electron chi connectivity index (χ0n) is 15.0. The van der Waals surface area contributed by atoms with Gasteiger partial charge in [0.1, 0.15) is 5.69 Å². The van der Waals surface area contributed by atoms with Gasteiger partial charge in [-0.05, 0) is 12.1 Å². The molecule has 0 unspecified atom stereocenters. The molecule has 0 saturated carbocycles. The van der Waals surface area contributed by atoms with Crippen LogP contribution in [-0.2, 0) is 11.6 Å². The van der Waals surface area contributed by atoms with E-state index in [2.05, 4.69) is 20.4 Å². The Kier molecular flexibility index (Phi) is 4.66. The smallest absolute Gasteiger partial charge is 0.338 e. The van der Waals surface area contributed by atoms with Gasteiger partial charge in [-0.3, -0.25) is 20.2 Å². The molecule has 0 saturated heterocycles. The highest BCUT2D eigenvalue weighted by Gasteiger charge is 2.32. The quantitative estimate of drug-likeness (QED) is 0.860. The van der Waals surface area contributed by atoms with Crippen molar-refractivity contribution in [2.24, 2.45) is 4.99 Å². The van der Waals surface area contributed by atoms with E-state index in [0.29, 0.717) is 12.2 Å². The Morgan fingerprint density at radius 2 is 2.00 bits per heavy atom. The number of nitrogens with one attached hydrogen (secondary N) is 1.